The first kappa shape index (κ1) is 24.3. The molecule has 0 bridgehead atoms. The normalized spacial score (nSPS) is 10.5. The van der Waals surface area contributed by atoms with Crippen LogP contribution in [0.4, 0.5) is 5.69 Å². The maximum Gasteiger partial charge on any atom is 0.279 e. The van der Waals surface area contributed by atoms with Gasteiger partial charge in [-0.15, -0.1) is 0 Å². The van der Waals surface area contributed by atoms with E-state index in [1.165, 1.54) is 21.3 Å². The second-order valence-corrected chi connectivity index (χ2v) is 7.61. The Labute approximate surface area is 206 Å². The average Bonchev–Trinajstić information content (AvgIpc) is 2.91. The molecule has 4 rings (SSSR count). The molecule has 0 aliphatic carbocycles. The minimum atomic E-state index is -0.610. The highest BCUT2D eigenvalue weighted by atomic mass is 16.5. The van der Waals surface area contributed by atoms with Gasteiger partial charge in [-0.2, -0.15) is 9.78 Å². The molecule has 184 valence electrons. The number of carbonyl (C=O) groups is 2. The molecular weight excluding hydrogens is 464 g/mol. The number of fused-ring (bicyclic) bond motifs is 1. The zero-order chi connectivity index (χ0) is 25.7. The molecule has 0 aliphatic heterocycles. The lowest BCUT2D eigenvalue weighted by molar-refractivity contribution is -0.115. The van der Waals surface area contributed by atoms with Crippen molar-refractivity contribution in [3.8, 4) is 22.9 Å². The maximum atomic E-state index is 13.2. The Kier molecular flexibility index (Phi) is 7.15. The fourth-order valence-electron chi connectivity index (χ4n) is 3.64. The van der Waals surface area contributed by atoms with Crippen LogP contribution in [0.15, 0.2) is 71.5 Å². The summed E-state index contributed by atoms with van der Waals surface area (Å²) in [5, 5.41) is 10.3. The Morgan fingerprint density at radius 1 is 0.861 bits per heavy atom. The number of nitrogens with one attached hydrogen (secondary N) is 2. The average molecular weight is 489 g/mol. The summed E-state index contributed by atoms with van der Waals surface area (Å²) in [6, 6.07) is 18.4. The van der Waals surface area contributed by atoms with Gasteiger partial charge in [0.15, 0.2) is 17.2 Å². The third kappa shape index (κ3) is 4.97. The smallest absolute Gasteiger partial charge is 0.279 e. The molecule has 0 radical (unpaired) electrons. The molecule has 0 saturated heterocycles. The summed E-state index contributed by atoms with van der Waals surface area (Å²) in [5.41, 5.74) is 0.492. The summed E-state index contributed by atoms with van der Waals surface area (Å²) in [5.74, 6) is 0.424. The van der Waals surface area contributed by atoms with E-state index in [0.717, 1.165) is 4.68 Å². The number of nitrogens with zero attached hydrogens (tertiary/aromatic N) is 2. The number of ether oxygens (including phenoxy) is 3. The van der Waals surface area contributed by atoms with Gasteiger partial charge in [0.2, 0.25) is 5.91 Å². The van der Waals surface area contributed by atoms with Crippen LogP contribution in [-0.2, 0) is 4.79 Å². The third-order valence-corrected chi connectivity index (χ3v) is 5.39. The van der Waals surface area contributed by atoms with Gasteiger partial charge in [-0.05, 0) is 30.3 Å². The summed E-state index contributed by atoms with van der Waals surface area (Å²) >= 11 is 0. The fourth-order valence-corrected chi connectivity index (χ4v) is 3.64. The summed E-state index contributed by atoms with van der Waals surface area (Å²) in [7, 11) is 4.51. The molecule has 1 heterocycles. The van der Waals surface area contributed by atoms with Gasteiger partial charge in [-0.3, -0.25) is 14.4 Å². The van der Waals surface area contributed by atoms with Gasteiger partial charge in [-0.25, -0.2) is 0 Å². The number of benzene rings is 3. The summed E-state index contributed by atoms with van der Waals surface area (Å²) in [6.07, 6.45) is 0. The number of rotatable bonds is 8. The second kappa shape index (κ2) is 10.6. The fraction of sp³-hybridized carbons (Fsp3) is 0.154. The van der Waals surface area contributed by atoms with Crippen molar-refractivity contribution in [1.29, 1.82) is 0 Å². The molecule has 0 saturated carbocycles. The Morgan fingerprint density at radius 2 is 1.61 bits per heavy atom. The zero-order valence-electron chi connectivity index (χ0n) is 19.9. The molecule has 10 heteroatoms. The first-order valence-corrected chi connectivity index (χ1v) is 10.9. The lowest BCUT2D eigenvalue weighted by Gasteiger charge is -2.13. The van der Waals surface area contributed by atoms with E-state index in [0.29, 0.717) is 39.4 Å². The SMILES string of the molecule is COc1cccc(NC(=O)CNC(=O)c2nn(-c3ccc(OC)c(OC)c3)c(=O)c3ccccc23)c1. The molecular formula is C26H24N4O6. The number of methoxy groups -OCH3 is 3. The summed E-state index contributed by atoms with van der Waals surface area (Å²) in [6.45, 7) is -0.304. The molecule has 0 unspecified atom stereocenters. The van der Waals surface area contributed by atoms with E-state index in [2.05, 4.69) is 15.7 Å². The van der Waals surface area contributed by atoms with Gasteiger partial charge in [0.25, 0.3) is 11.5 Å². The molecule has 0 atom stereocenters. The van der Waals surface area contributed by atoms with Crippen LogP contribution in [0.3, 0.4) is 0 Å². The summed E-state index contributed by atoms with van der Waals surface area (Å²) in [4.78, 5) is 38.7. The number of amides is 2. The van der Waals surface area contributed by atoms with Gasteiger partial charge in [-0.1, -0.05) is 24.3 Å². The van der Waals surface area contributed by atoms with Crippen LogP contribution < -0.4 is 30.4 Å². The Bertz CT molecular complexity index is 1500. The van der Waals surface area contributed by atoms with Gasteiger partial charge in [0.1, 0.15) is 5.75 Å². The lowest BCUT2D eigenvalue weighted by Crippen LogP contribution is -2.35. The van der Waals surface area contributed by atoms with Crippen LogP contribution in [0, 0.1) is 0 Å². The van der Waals surface area contributed by atoms with Crippen molar-refractivity contribution in [3.63, 3.8) is 0 Å². The highest BCUT2D eigenvalue weighted by Crippen LogP contribution is 2.29. The van der Waals surface area contributed by atoms with Crippen molar-refractivity contribution in [1.82, 2.24) is 15.1 Å². The van der Waals surface area contributed by atoms with E-state index in [-0.39, 0.29) is 12.2 Å². The van der Waals surface area contributed by atoms with Gasteiger partial charge >= 0.3 is 0 Å². The Hall–Kier alpha value is -4.86. The molecule has 1 aromatic heterocycles. The molecule has 2 N–H and O–H groups in total. The molecule has 0 aliphatic rings. The van der Waals surface area contributed by atoms with E-state index in [1.54, 1.807) is 66.7 Å². The van der Waals surface area contributed by atoms with Crippen LogP contribution in [0.25, 0.3) is 16.5 Å². The number of hydrogen-bond acceptors (Lipinski definition) is 7. The van der Waals surface area contributed by atoms with Gasteiger partial charge < -0.3 is 24.8 Å². The van der Waals surface area contributed by atoms with Crippen LogP contribution in [-0.4, -0.2) is 49.5 Å². The molecule has 0 fully saturated rings. The first-order chi connectivity index (χ1) is 17.4. The predicted octanol–water partition coefficient (Wildman–Crippen LogP) is 2.78. The molecule has 10 nitrogen and oxygen atoms in total. The third-order valence-electron chi connectivity index (χ3n) is 5.39. The maximum absolute atomic E-state index is 13.2. The molecule has 36 heavy (non-hydrogen) atoms. The van der Waals surface area contributed by atoms with Gasteiger partial charge in [0.05, 0.1) is 38.9 Å². The number of aromatic nitrogens is 2. The van der Waals surface area contributed by atoms with E-state index < -0.39 is 17.4 Å². The highest BCUT2D eigenvalue weighted by molar-refractivity contribution is 6.06. The van der Waals surface area contributed by atoms with Crippen molar-refractivity contribution >= 4 is 28.3 Å². The number of carbonyl (C=O) groups excluding carboxylic acids is 2. The van der Waals surface area contributed by atoms with E-state index >= 15 is 0 Å². The minimum absolute atomic E-state index is 0.00540. The minimum Gasteiger partial charge on any atom is -0.497 e. The monoisotopic (exact) mass is 488 g/mol. The predicted molar refractivity (Wildman–Crippen MR) is 134 cm³/mol. The van der Waals surface area contributed by atoms with Crippen molar-refractivity contribution < 1.29 is 23.8 Å². The van der Waals surface area contributed by atoms with Crippen molar-refractivity contribution in [2.45, 2.75) is 0 Å². The van der Waals surface area contributed by atoms with Crippen LogP contribution in [0.2, 0.25) is 0 Å². The standard InChI is InChI=1S/C26H24N4O6/c1-34-18-8-6-7-16(13-18)28-23(31)15-27-25(32)24-19-9-4-5-10-20(19)26(33)30(29-24)17-11-12-21(35-2)22(14-17)36-3/h4-14H,15H2,1-3H3,(H,27,32)(H,28,31). The van der Waals surface area contributed by atoms with E-state index in [9.17, 15) is 14.4 Å². The molecule has 4 aromatic rings. The highest BCUT2D eigenvalue weighted by Gasteiger charge is 2.19. The summed E-state index contributed by atoms with van der Waals surface area (Å²) < 4.78 is 16.9. The largest absolute Gasteiger partial charge is 0.497 e. The van der Waals surface area contributed by atoms with Crippen molar-refractivity contribution in [3.05, 3.63) is 82.8 Å². The van der Waals surface area contributed by atoms with E-state index in [1.807, 2.05) is 0 Å². The van der Waals surface area contributed by atoms with Crippen LogP contribution >= 0.6 is 0 Å². The topological polar surface area (TPSA) is 121 Å². The van der Waals surface area contributed by atoms with Gasteiger partial charge in [0, 0.05) is 23.2 Å². The van der Waals surface area contributed by atoms with Crippen molar-refractivity contribution in [2.75, 3.05) is 33.2 Å². The second-order valence-electron chi connectivity index (χ2n) is 7.61. The Morgan fingerprint density at radius 3 is 2.33 bits per heavy atom. The first-order valence-electron chi connectivity index (χ1n) is 10.9. The van der Waals surface area contributed by atoms with Crippen LogP contribution in [0.1, 0.15) is 10.5 Å². The molecule has 3 aromatic carbocycles. The zero-order valence-corrected chi connectivity index (χ0v) is 19.9. The number of hydrogen-bond donors (Lipinski definition) is 2. The van der Waals surface area contributed by atoms with Crippen molar-refractivity contribution in [2.24, 2.45) is 0 Å². The lowest BCUT2D eigenvalue weighted by atomic mass is 10.1. The quantitative estimate of drug-likeness (QED) is 0.391. The molecule has 2 amide bonds. The number of anilines is 1. The van der Waals surface area contributed by atoms with Crippen LogP contribution in [0.5, 0.6) is 17.2 Å². The van der Waals surface area contributed by atoms with E-state index in [4.69, 9.17) is 14.2 Å². The Balaban J connectivity index is 1.63. The molecule has 0 spiro atoms.